The maximum Gasteiger partial charge on any atom is 0.326 e. The zero-order valence-electron chi connectivity index (χ0n) is 18.5. The van der Waals surface area contributed by atoms with Crippen LogP contribution >= 0.6 is 0 Å². The van der Waals surface area contributed by atoms with Gasteiger partial charge in [-0.3, -0.25) is 14.9 Å². The van der Waals surface area contributed by atoms with E-state index >= 15 is 0 Å². The van der Waals surface area contributed by atoms with Gasteiger partial charge >= 0.3 is 11.9 Å². The molecule has 7 nitrogen and oxygen atoms in total. The molecule has 0 aromatic heterocycles. The van der Waals surface area contributed by atoms with E-state index < -0.39 is 24.1 Å². The number of aliphatic carboxylic acids is 1. The summed E-state index contributed by atoms with van der Waals surface area (Å²) >= 11 is 0. The molecule has 2 aliphatic rings. The summed E-state index contributed by atoms with van der Waals surface area (Å²) in [6.45, 7) is 3.74. The second kappa shape index (κ2) is 10.8. The molecule has 1 unspecified atom stereocenters. The third-order valence-electron chi connectivity index (χ3n) is 6.58. The molecule has 1 saturated heterocycles. The van der Waals surface area contributed by atoms with Crippen LogP contribution in [0.4, 0.5) is 0 Å². The fourth-order valence-corrected chi connectivity index (χ4v) is 5.06. The molecule has 0 bridgehead atoms. The van der Waals surface area contributed by atoms with E-state index in [1.807, 2.05) is 30.3 Å². The molecule has 5 atom stereocenters. The van der Waals surface area contributed by atoms with E-state index in [0.717, 1.165) is 31.2 Å². The fraction of sp³-hybridized carbons (Fsp3) is 0.625. The minimum Gasteiger partial charge on any atom is -0.480 e. The first kappa shape index (κ1) is 23.3. The number of esters is 1. The van der Waals surface area contributed by atoms with Crippen molar-refractivity contribution in [1.82, 2.24) is 10.2 Å². The highest BCUT2D eigenvalue weighted by atomic mass is 16.5. The Hall–Kier alpha value is -2.41. The molecule has 2 N–H and O–H groups in total. The average Bonchev–Trinajstić information content (AvgIpc) is 3.16. The lowest BCUT2D eigenvalue weighted by atomic mass is 9.84. The molecule has 1 saturated carbocycles. The van der Waals surface area contributed by atoms with Gasteiger partial charge in [-0.25, -0.2) is 4.79 Å². The fourth-order valence-electron chi connectivity index (χ4n) is 5.06. The summed E-state index contributed by atoms with van der Waals surface area (Å²) in [5, 5.41) is 12.9. The number of hydrogen-bond acceptors (Lipinski definition) is 5. The second-order valence-corrected chi connectivity index (χ2v) is 8.66. The third-order valence-corrected chi connectivity index (χ3v) is 6.58. The summed E-state index contributed by atoms with van der Waals surface area (Å²) in [7, 11) is 0. The first-order valence-electron chi connectivity index (χ1n) is 11.4. The number of nitrogens with one attached hydrogen (secondary N) is 1. The number of likely N-dealkylation sites (tertiary alicyclic amines) is 1. The van der Waals surface area contributed by atoms with E-state index in [9.17, 15) is 19.5 Å². The van der Waals surface area contributed by atoms with Crippen molar-refractivity contribution in [2.24, 2.45) is 5.92 Å². The van der Waals surface area contributed by atoms with Crippen LogP contribution in [-0.2, 0) is 25.5 Å². The van der Waals surface area contributed by atoms with Gasteiger partial charge in [-0.1, -0.05) is 43.2 Å². The predicted molar refractivity (Wildman–Crippen MR) is 116 cm³/mol. The van der Waals surface area contributed by atoms with Crippen LogP contribution in [0.25, 0.3) is 0 Å². The van der Waals surface area contributed by atoms with Crippen molar-refractivity contribution in [2.75, 3.05) is 6.61 Å². The van der Waals surface area contributed by atoms with Crippen LogP contribution < -0.4 is 5.32 Å². The molecule has 1 amide bonds. The molecule has 0 spiro atoms. The first-order valence-corrected chi connectivity index (χ1v) is 11.4. The van der Waals surface area contributed by atoms with Gasteiger partial charge in [-0.15, -0.1) is 0 Å². The molecule has 1 aromatic rings. The van der Waals surface area contributed by atoms with E-state index in [2.05, 4.69) is 5.32 Å². The Morgan fingerprint density at radius 1 is 1.19 bits per heavy atom. The highest BCUT2D eigenvalue weighted by molar-refractivity contribution is 5.88. The number of benzene rings is 1. The molecule has 1 aliphatic carbocycles. The van der Waals surface area contributed by atoms with Crippen molar-refractivity contribution in [3.8, 4) is 0 Å². The van der Waals surface area contributed by atoms with Crippen LogP contribution in [0, 0.1) is 5.92 Å². The van der Waals surface area contributed by atoms with Crippen molar-refractivity contribution >= 4 is 17.8 Å². The number of hydrogen-bond donors (Lipinski definition) is 2. The standard InChI is InChI=1S/C24H34N2O5/c1-3-31-24(30)19(14-13-17-9-5-4-6-10-17)25-16(2)22(27)26-20-12-8-7-11-18(20)15-21(26)23(28)29/h4-6,9-10,16,18-21,25H,3,7-8,11-15H2,1-2H3,(H,28,29)/t16-,18-,19?,20-,21-/m0/s1. The van der Waals surface area contributed by atoms with Gasteiger partial charge in [-0.2, -0.15) is 0 Å². The summed E-state index contributed by atoms with van der Waals surface area (Å²) in [5.74, 6) is -1.31. The topological polar surface area (TPSA) is 95.9 Å². The van der Waals surface area contributed by atoms with E-state index in [0.29, 0.717) is 19.3 Å². The Bertz CT molecular complexity index is 768. The average molecular weight is 431 g/mol. The van der Waals surface area contributed by atoms with E-state index in [1.165, 1.54) is 0 Å². The van der Waals surface area contributed by atoms with Gasteiger partial charge in [-0.05, 0) is 57.4 Å². The quantitative estimate of drug-likeness (QED) is 0.585. The highest BCUT2D eigenvalue weighted by Crippen LogP contribution is 2.40. The zero-order valence-corrected chi connectivity index (χ0v) is 18.5. The molecule has 31 heavy (non-hydrogen) atoms. The molecule has 2 fully saturated rings. The smallest absolute Gasteiger partial charge is 0.326 e. The Balaban J connectivity index is 1.70. The lowest BCUT2D eigenvalue weighted by Crippen LogP contribution is -2.55. The predicted octanol–water partition coefficient (Wildman–Crippen LogP) is 2.77. The van der Waals surface area contributed by atoms with Gasteiger partial charge in [0.2, 0.25) is 5.91 Å². The number of ether oxygens (including phenoxy) is 1. The monoisotopic (exact) mass is 430 g/mol. The number of fused-ring (bicyclic) bond motifs is 1. The maximum atomic E-state index is 13.4. The van der Waals surface area contributed by atoms with Gasteiger partial charge in [0.05, 0.1) is 12.6 Å². The van der Waals surface area contributed by atoms with Crippen LogP contribution in [0.3, 0.4) is 0 Å². The molecule has 1 aromatic carbocycles. The Labute approximate surface area is 184 Å². The van der Waals surface area contributed by atoms with E-state index in [-0.39, 0.29) is 30.4 Å². The summed E-state index contributed by atoms with van der Waals surface area (Å²) < 4.78 is 5.22. The number of carboxylic acid groups (broad SMARTS) is 1. The van der Waals surface area contributed by atoms with Crippen LogP contribution in [0.1, 0.15) is 57.9 Å². The summed E-state index contributed by atoms with van der Waals surface area (Å²) in [5.41, 5.74) is 1.10. The van der Waals surface area contributed by atoms with Gasteiger partial charge < -0.3 is 14.7 Å². The molecular formula is C24H34N2O5. The minimum atomic E-state index is -0.944. The molecule has 0 radical (unpaired) electrons. The van der Waals surface area contributed by atoms with Gasteiger partial charge in [0.25, 0.3) is 0 Å². The minimum absolute atomic E-state index is 0.0167. The first-order chi connectivity index (χ1) is 14.9. The third kappa shape index (κ3) is 5.64. The summed E-state index contributed by atoms with van der Waals surface area (Å²) in [6.07, 6.45) is 5.62. The second-order valence-electron chi connectivity index (χ2n) is 8.66. The molecular weight excluding hydrogens is 396 g/mol. The van der Waals surface area contributed by atoms with Crippen molar-refractivity contribution in [3.63, 3.8) is 0 Å². The number of carbonyl (C=O) groups is 3. The SMILES string of the molecule is CCOC(=O)C(CCc1ccccc1)N[C@@H](C)C(=O)N1[C@H](C(=O)O)C[C@@H]2CCCC[C@@H]21. The summed E-state index contributed by atoms with van der Waals surface area (Å²) in [4.78, 5) is 39.3. The molecule has 3 rings (SSSR count). The van der Waals surface area contributed by atoms with Crippen molar-refractivity contribution in [1.29, 1.82) is 0 Å². The Morgan fingerprint density at radius 3 is 2.58 bits per heavy atom. The number of carbonyl (C=O) groups excluding carboxylic acids is 2. The van der Waals surface area contributed by atoms with E-state index in [4.69, 9.17) is 4.74 Å². The number of nitrogens with zero attached hydrogens (tertiary/aromatic N) is 1. The van der Waals surface area contributed by atoms with Crippen LogP contribution in [0.2, 0.25) is 0 Å². The molecule has 1 heterocycles. The number of carboxylic acids is 1. The van der Waals surface area contributed by atoms with Gasteiger partial charge in [0.15, 0.2) is 0 Å². The van der Waals surface area contributed by atoms with Crippen molar-refractivity contribution in [2.45, 2.75) is 83.0 Å². The number of rotatable bonds is 9. The lowest BCUT2D eigenvalue weighted by Gasteiger charge is -2.35. The maximum absolute atomic E-state index is 13.4. The van der Waals surface area contributed by atoms with Crippen LogP contribution in [-0.4, -0.2) is 58.6 Å². The molecule has 7 heteroatoms. The van der Waals surface area contributed by atoms with Crippen molar-refractivity contribution < 1.29 is 24.2 Å². The van der Waals surface area contributed by atoms with Crippen molar-refractivity contribution in [3.05, 3.63) is 35.9 Å². The zero-order chi connectivity index (χ0) is 22.4. The van der Waals surface area contributed by atoms with Gasteiger partial charge in [0, 0.05) is 6.04 Å². The Morgan fingerprint density at radius 2 is 1.90 bits per heavy atom. The molecule has 1 aliphatic heterocycles. The summed E-state index contributed by atoms with van der Waals surface area (Å²) in [6, 6.07) is 7.75. The number of amides is 1. The van der Waals surface area contributed by atoms with Gasteiger partial charge in [0.1, 0.15) is 12.1 Å². The highest BCUT2D eigenvalue weighted by Gasteiger charge is 2.48. The van der Waals surface area contributed by atoms with E-state index in [1.54, 1.807) is 18.7 Å². The van der Waals surface area contributed by atoms with Crippen LogP contribution in [0.5, 0.6) is 0 Å². The largest absolute Gasteiger partial charge is 0.480 e. The normalized spacial score (nSPS) is 24.8. The Kier molecular flexibility index (Phi) is 8.07. The lowest BCUT2D eigenvalue weighted by molar-refractivity contribution is -0.152. The van der Waals surface area contributed by atoms with Crippen LogP contribution in [0.15, 0.2) is 30.3 Å². The molecule has 170 valence electrons. The number of aryl methyl sites for hydroxylation is 1.